The van der Waals surface area contributed by atoms with E-state index < -0.39 is 5.97 Å². The van der Waals surface area contributed by atoms with Crippen LogP contribution in [0.5, 0.6) is 0 Å². The maximum Gasteiger partial charge on any atom is 0.329 e. The average Bonchev–Trinajstić information content (AvgIpc) is 2.94. The largest absolute Gasteiger partial charge is 0.480 e. The molecule has 1 heterocycles. The van der Waals surface area contributed by atoms with Gasteiger partial charge < -0.3 is 19.1 Å². The molecule has 21 heavy (non-hydrogen) atoms. The van der Waals surface area contributed by atoms with Crippen LogP contribution in [0, 0.1) is 5.92 Å². The Morgan fingerprint density at radius 1 is 1.43 bits per heavy atom. The van der Waals surface area contributed by atoms with Gasteiger partial charge in [-0.05, 0) is 25.7 Å². The van der Waals surface area contributed by atoms with Crippen LogP contribution in [0.4, 0.5) is 0 Å². The quantitative estimate of drug-likeness (QED) is 0.787. The van der Waals surface area contributed by atoms with E-state index in [1.54, 1.807) is 0 Å². The normalized spacial score (nSPS) is 17.8. The van der Waals surface area contributed by atoms with Gasteiger partial charge in [-0.15, -0.1) is 0 Å². The van der Waals surface area contributed by atoms with Crippen LogP contribution in [-0.2, 0) is 20.9 Å². The van der Waals surface area contributed by atoms with Crippen molar-refractivity contribution >= 4 is 5.97 Å². The second kappa shape index (κ2) is 8.09. The molecule has 7 heteroatoms. The van der Waals surface area contributed by atoms with Crippen LogP contribution in [0.2, 0.25) is 0 Å². The van der Waals surface area contributed by atoms with Crippen molar-refractivity contribution in [2.45, 2.75) is 51.7 Å². The summed E-state index contributed by atoms with van der Waals surface area (Å²) >= 11 is 0. The summed E-state index contributed by atoms with van der Waals surface area (Å²) in [6.45, 7) is 2.17. The zero-order valence-corrected chi connectivity index (χ0v) is 12.3. The number of aromatic nitrogens is 2. The zero-order valence-electron chi connectivity index (χ0n) is 12.3. The summed E-state index contributed by atoms with van der Waals surface area (Å²) in [6, 6.07) is 0. The first kappa shape index (κ1) is 15.9. The molecule has 1 aromatic heterocycles. The molecular weight excluding hydrogens is 276 g/mol. The number of hydrogen-bond acceptors (Lipinski definition) is 6. The van der Waals surface area contributed by atoms with E-state index >= 15 is 0 Å². The molecule has 1 atom stereocenters. The highest BCUT2D eigenvalue weighted by atomic mass is 16.5. The average molecular weight is 298 g/mol. The van der Waals surface area contributed by atoms with Gasteiger partial charge in [0.2, 0.25) is 5.82 Å². The molecule has 1 aliphatic rings. The Bertz CT molecular complexity index is 442. The molecule has 1 saturated carbocycles. The summed E-state index contributed by atoms with van der Waals surface area (Å²) < 4.78 is 15.9. The van der Waals surface area contributed by atoms with Crippen LogP contribution < -0.4 is 0 Å². The third kappa shape index (κ3) is 4.78. The molecule has 1 aromatic rings. The highest BCUT2D eigenvalue weighted by Crippen LogP contribution is 2.35. The Labute approximate surface area is 123 Å². The van der Waals surface area contributed by atoms with Gasteiger partial charge in [-0.2, -0.15) is 4.98 Å². The van der Waals surface area contributed by atoms with Crippen molar-refractivity contribution in [2.75, 3.05) is 13.2 Å². The van der Waals surface area contributed by atoms with Crippen LogP contribution >= 0.6 is 0 Å². The molecule has 0 bridgehead atoms. The lowest BCUT2D eigenvalue weighted by Gasteiger charge is -2.27. The van der Waals surface area contributed by atoms with Crippen LogP contribution in [0.1, 0.15) is 56.8 Å². The smallest absolute Gasteiger partial charge is 0.329 e. The first-order chi connectivity index (χ1) is 10.2. The Morgan fingerprint density at radius 3 is 2.86 bits per heavy atom. The number of rotatable bonds is 8. The van der Waals surface area contributed by atoms with Crippen molar-refractivity contribution < 1.29 is 23.9 Å². The maximum atomic E-state index is 10.4. The first-order valence-corrected chi connectivity index (χ1v) is 7.44. The van der Waals surface area contributed by atoms with Crippen LogP contribution in [0.25, 0.3) is 0 Å². The highest BCUT2D eigenvalue weighted by Gasteiger charge is 2.29. The minimum absolute atomic E-state index is 0.00279. The summed E-state index contributed by atoms with van der Waals surface area (Å²) in [5, 5.41) is 12.5. The highest BCUT2D eigenvalue weighted by molar-refractivity contribution is 5.67. The topological polar surface area (TPSA) is 94.7 Å². The molecule has 0 aliphatic heterocycles. The van der Waals surface area contributed by atoms with Crippen molar-refractivity contribution in [3.8, 4) is 0 Å². The van der Waals surface area contributed by atoms with Crippen molar-refractivity contribution in [3.05, 3.63) is 11.7 Å². The van der Waals surface area contributed by atoms with Gasteiger partial charge in [0.15, 0.2) is 0 Å². The molecule has 1 unspecified atom stereocenters. The van der Waals surface area contributed by atoms with E-state index in [1.807, 2.05) is 6.92 Å². The van der Waals surface area contributed by atoms with Gasteiger partial charge in [0, 0.05) is 6.61 Å². The number of carboxylic acid groups (broad SMARTS) is 1. The van der Waals surface area contributed by atoms with Crippen molar-refractivity contribution in [1.82, 2.24) is 10.1 Å². The molecule has 2 rings (SSSR count). The van der Waals surface area contributed by atoms with E-state index in [9.17, 15) is 4.79 Å². The third-order valence-electron chi connectivity index (χ3n) is 3.61. The lowest BCUT2D eigenvalue weighted by molar-refractivity contribution is -0.142. The van der Waals surface area contributed by atoms with Crippen molar-refractivity contribution in [1.29, 1.82) is 0 Å². The van der Waals surface area contributed by atoms with E-state index in [1.165, 1.54) is 19.3 Å². The molecule has 1 N–H and O–H groups in total. The Kier molecular flexibility index (Phi) is 6.13. The Balaban J connectivity index is 1.96. The van der Waals surface area contributed by atoms with Gasteiger partial charge in [0.25, 0.3) is 5.89 Å². The van der Waals surface area contributed by atoms with Gasteiger partial charge in [-0.25, -0.2) is 4.79 Å². The first-order valence-electron chi connectivity index (χ1n) is 7.44. The molecule has 7 nitrogen and oxygen atoms in total. The fraction of sp³-hybridized carbons (Fsp3) is 0.786. The number of nitrogens with zero attached hydrogens (tertiary/aromatic N) is 2. The summed E-state index contributed by atoms with van der Waals surface area (Å²) in [5.74, 6) is 0.220. The SMILES string of the molecule is CCOC(c1noc(COCC(=O)O)n1)C1CCCCC1. The van der Waals surface area contributed by atoms with Crippen LogP contribution in [0.3, 0.4) is 0 Å². The minimum Gasteiger partial charge on any atom is -0.480 e. The van der Waals surface area contributed by atoms with Gasteiger partial charge in [0.1, 0.15) is 19.3 Å². The summed E-state index contributed by atoms with van der Waals surface area (Å²) in [7, 11) is 0. The van der Waals surface area contributed by atoms with E-state index in [0.29, 0.717) is 18.3 Å². The van der Waals surface area contributed by atoms with Gasteiger partial charge in [-0.1, -0.05) is 24.4 Å². The number of ether oxygens (including phenoxy) is 2. The van der Waals surface area contributed by atoms with Gasteiger partial charge in [0.05, 0.1) is 0 Å². The summed E-state index contributed by atoms with van der Waals surface area (Å²) in [6.07, 6.45) is 5.78. The Hall–Kier alpha value is -1.47. The predicted molar refractivity (Wildman–Crippen MR) is 72.5 cm³/mol. The fourth-order valence-electron chi connectivity index (χ4n) is 2.71. The molecule has 0 radical (unpaired) electrons. The number of hydrogen-bond donors (Lipinski definition) is 1. The second-order valence-electron chi connectivity index (χ2n) is 5.21. The van der Waals surface area contributed by atoms with E-state index in [4.69, 9.17) is 19.1 Å². The van der Waals surface area contributed by atoms with Gasteiger partial charge >= 0.3 is 5.97 Å². The summed E-state index contributed by atoms with van der Waals surface area (Å²) in [5.41, 5.74) is 0. The van der Waals surface area contributed by atoms with Crippen LogP contribution in [-0.4, -0.2) is 34.4 Å². The Morgan fingerprint density at radius 2 is 2.19 bits per heavy atom. The van der Waals surface area contributed by atoms with E-state index in [2.05, 4.69) is 10.1 Å². The molecule has 118 valence electrons. The number of carboxylic acids is 1. The fourth-order valence-corrected chi connectivity index (χ4v) is 2.71. The molecule has 0 saturated heterocycles. The minimum atomic E-state index is -1.02. The standard InChI is InChI=1S/C14H22N2O5/c1-2-20-13(10-6-4-3-5-7-10)14-15-11(21-16-14)8-19-9-12(17)18/h10,13H,2-9H2,1H3,(H,17,18). The lowest BCUT2D eigenvalue weighted by atomic mass is 9.85. The zero-order chi connectivity index (χ0) is 15.1. The molecule has 0 spiro atoms. The second-order valence-corrected chi connectivity index (χ2v) is 5.21. The molecule has 0 amide bonds. The molecule has 0 aromatic carbocycles. The predicted octanol–water partition coefficient (Wildman–Crippen LogP) is 2.33. The number of aliphatic carboxylic acids is 1. The molecule has 1 aliphatic carbocycles. The molecule has 1 fully saturated rings. The van der Waals surface area contributed by atoms with E-state index in [0.717, 1.165) is 12.8 Å². The van der Waals surface area contributed by atoms with Crippen molar-refractivity contribution in [2.24, 2.45) is 5.92 Å². The van der Waals surface area contributed by atoms with E-state index in [-0.39, 0.29) is 25.2 Å². The van der Waals surface area contributed by atoms with Gasteiger partial charge in [-0.3, -0.25) is 0 Å². The maximum absolute atomic E-state index is 10.4. The van der Waals surface area contributed by atoms with Crippen LogP contribution in [0.15, 0.2) is 4.52 Å². The number of carbonyl (C=O) groups is 1. The summed E-state index contributed by atoms with van der Waals surface area (Å²) in [4.78, 5) is 14.7. The lowest BCUT2D eigenvalue weighted by Crippen LogP contribution is -2.20. The monoisotopic (exact) mass is 298 g/mol. The molecular formula is C14H22N2O5. The third-order valence-corrected chi connectivity index (χ3v) is 3.61. The van der Waals surface area contributed by atoms with Crippen molar-refractivity contribution in [3.63, 3.8) is 0 Å².